The first kappa shape index (κ1) is 22.1. The lowest BCUT2D eigenvalue weighted by Gasteiger charge is -2.11. The van der Waals surface area contributed by atoms with Crippen molar-refractivity contribution in [2.45, 2.75) is 19.9 Å². The number of aliphatic imine (C=N–C) groups is 1. The summed E-state index contributed by atoms with van der Waals surface area (Å²) in [5.74, 6) is 0.419. The minimum absolute atomic E-state index is 0. The molecule has 0 saturated carbocycles. The van der Waals surface area contributed by atoms with Crippen molar-refractivity contribution in [3.05, 3.63) is 63.1 Å². The van der Waals surface area contributed by atoms with Crippen LogP contribution in [0.1, 0.15) is 18.1 Å². The molecule has 0 aliphatic rings. The first-order chi connectivity index (χ1) is 11.6. The molecule has 2 aromatic rings. The first-order valence-corrected chi connectivity index (χ1v) is 8.81. The zero-order chi connectivity index (χ0) is 17.4. The Bertz CT molecular complexity index is 677. The van der Waals surface area contributed by atoms with Gasteiger partial charge in [-0.3, -0.25) is 0 Å². The minimum Gasteiger partial charge on any atom is -0.357 e. The summed E-state index contributed by atoms with van der Waals surface area (Å²) in [4.78, 5) is 8.54. The Hall–Kier alpha value is -0.930. The molecule has 136 valence electrons. The number of benzene rings is 1. The molecule has 25 heavy (non-hydrogen) atoms. The Morgan fingerprint density at radius 3 is 2.68 bits per heavy atom. The Morgan fingerprint density at radius 2 is 2.04 bits per heavy atom. The molecule has 0 unspecified atom stereocenters. The van der Waals surface area contributed by atoms with Gasteiger partial charge in [0, 0.05) is 23.8 Å². The average molecular weight is 542 g/mol. The van der Waals surface area contributed by atoms with Crippen molar-refractivity contribution >= 4 is 57.5 Å². The Kier molecular flexibility index (Phi) is 10.3. The van der Waals surface area contributed by atoms with Gasteiger partial charge in [0.1, 0.15) is 11.0 Å². The van der Waals surface area contributed by atoms with E-state index in [1.54, 1.807) is 12.3 Å². The van der Waals surface area contributed by atoms with Gasteiger partial charge in [0.25, 0.3) is 0 Å². The molecule has 4 nitrogen and oxygen atoms in total. The molecule has 1 aromatic heterocycles. The lowest BCUT2D eigenvalue weighted by Crippen LogP contribution is -2.38. The van der Waals surface area contributed by atoms with Crippen LogP contribution in [0.15, 0.2) is 46.0 Å². The molecule has 0 saturated heterocycles. The summed E-state index contributed by atoms with van der Waals surface area (Å²) in [6.07, 6.45) is 2.57. The summed E-state index contributed by atoms with van der Waals surface area (Å²) in [5.41, 5.74) is 1.90. The molecule has 2 rings (SSSR count). The van der Waals surface area contributed by atoms with Gasteiger partial charge in [-0.15, -0.1) is 24.0 Å². The molecule has 8 heteroatoms. The van der Waals surface area contributed by atoms with Crippen LogP contribution < -0.4 is 10.6 Å². The van der Waals surface area contributed by atoms with Gasteiger partial charge in [0.05, 0.1) is 6.54 Å². The fourth-order valence-corrected chi connectivity index (χ4v) is 2.72. The van der Waals surface area contributed by atoms with Gasteiger partial charge in [0.2, 0.25) is 0 Å². The van der Waals surface area contributed by atoms with Crippen molar-refractivity contribution in [3.8, 4) is 0 Å². The number of halogens is 4. The molecule has 0 amide bonds. The quantitative estimate of drug-likeness (QED) is 0.244. The Labute approximate surface area is 177 Å². The van der Waals surface area contributed by atoms with Crippen LogP contribution in [-0.4, -0.2) is 24.0 Å². The number of pyridine rings is 1. The number of rotatable bonds is 6. The highest BCUT2D eigenvalue weighted by Gasteiger charge is 2.01. The van der Waals surface area contributed by atoms with Crippen LogP contribution >= 0.6 is 51.5 Å². The van der Waals surface area contributed by atoms with Crippen LogP contribution in [0.25, 0.3) is 0 Å². The number of nitrogens with zero attached hydrogens (tertiary/aromatic N) is 2. The second-order valence-corrected chi connectivity index (χ2v) is 6.44. The van der Waals surface area contributed by atoms with Crippen molar-refractivity contribution in [1.82, 2.24) is 15.6 Å². The van der Waals surface area contributed by atoms with Crippen LogP contribution in [-0.2, 0) is 13.0 Å². The SMILES string of the molecule is CCNC(=NCc1cc(F)cc(Br)c1)NCCc1ccc(Cl)nc1.I. The fraction of sp³-hybridized carbons (Fsp3) is 0.294. The van der Waals surface area contributed by atoms with E-state index in [2.05, 4.69) is 36.5 Å². The predicted molar refractivity (Wildman–Crippen MR) is 115 cm³/mol. The maximum Gasteiger partial charge on any atom is 0.191 e. The van der Waals surface area contributed by atoms with Gasteiger partial charge >= 0.3 is 0 Å². The summed E-state index contributed by atoms with van der Waals surface area (Å²) in [7, 11) is 0. The monoisotopic (exact) mass is 540 g/mol. The van der Waals surface area contributed by atoms with Gasteiger partial charge in [0.15, 0.2) is 5.96 Å². The predicted octanol–water partition coefficient (Wildman–Crippen LogP) is 4.55. The van der Waals surface area contributed by atoms with E-state index in [1.807, 2.05) is 19.1 Å². The normalized spacial score (nSPS) is 11.0. The molecule has 2 N–H and O–H groups in total. The lowest BCUT2D eigenvalue weighted by molar-refractivity contribution is 0.624. The standard InChI is InChI=1S/C17H19BrClFN4.HI/c1-2-21-17(22-6-5-12-3-4-16(19)23-10-12)24-11-13-7-14(18)9-15(20)8-13;/h3-4,7-10H,2,5-6,11H2,1H3,(H2,21,22,24);1H. The van der Waals surface area contributed by atoms with Gasteiger partial charge < -0.3 is 10.6 Å². The smallest absolute Gasteiger partial charge is 0.191 e. The largest absolute Gasteiger partial charge is 0.357 e. The van der Waals surface area contributed by atoms with E-state index in [0.29, 0.717) is 28.7 Å². The maximum absolute atomic E-state index is 13.4. The third-order valence-electron chi connectivity index (χ3n) is 3.18. The van der Waals surface area contributed by atoms with Crippen molar-refractivity contribution in [1.29, 1.82) is 0 Å². The van der Waals surface area contributed by atoms with Crippen molar-refractivity contribution in [3.63, 3.8) is 0 Å². The minimum atomic E-state index is -0.275. The highest BCUT2D eigenvalue weighted by molar-refractivity contribution is 14.0. The molecule has 0 bridgehead atoms. The molecule has 0 aliphatic heterocycles. The van der Waals surface area contributed by atoms with Gasteiger partial charge in [-0.25, -0.2) is 14.4 Å². The van der Waals surface area contributed by atoms with Crippen LogP contribution in [0, 0.1) is 5.82 Å². The van der Waals surface area contributed by atoms with Gasteiger partial charge in [-0.05, 0) is 48.7 Å². The summed E-state index contributed by atoms with van der Waals surface area (Å²) in [6.45, 7) is 3.86. The van der Waals surface area contributed by atoms with E-state index < -0.39 is 0 Å². The molecule has 0 radical (unpaired) electrons. The number of aromatic nitrogens is 1. The van der Waals surface area contributed by atoms with Crippen LogP contribution in [0.3, 0.4) is 0 Å². The van der Waals surface area contributed by atoms with Crippen molar-refractivity contribution in [2.75, 3.05) is 13.1 Å². The molecular weight excluding hydrogens is 521 g/mol. The summed E-state index contributed by atoms with van der Waals surface area (Å²) in [6, 6.07) is 8.49. The zero-order valence-electron chi connectivity index (χ0n) is 13.7. The van der Waals surface area contributed by atoms with Crippen LogP contribution in [0.4, 0.5) is 4.39 Å². The zero-order valence-corrected chi connectivity index (χ0v) is 18.4. The molecule has 0 fully saturated rings. The summed E-state index contributed by atoms with van der Waals surface area (Å²) >= 11 is 9.06. The Morgan fingerprint density at radius 1 is 1.24 bits per heavy atom. The Balaban J connectivity index is 0.00000312. The molecule has 0 atom stereocenters. The topological polar surface area (TPSA) is 49.3 Å². The van der Waals surface area contributed by atoms with E-state index in [1.165, 1.54) is 12.1 Å². The fourth-order valence-electron chi connectivity index (χ4n) is 2.09. The summed E-state index contributed by atoms with van der Waals surface area (Å²) < 4.78 is 14.1. The third kappa shape index (κ3) is 8.33. The van der Waals surface area contributed by atoms with Crippen molar-refractivity contribution in [2.24, 2.45) is 4.99 Å². The second kappa shape index (κ2) is 11.6. The molecular formula is C17H20BrClFIN4. The molecule has 0 spiro atoms. The first-order valence-electron chi connectivity index (χ1n) is 7.64. The van der Waals surface area contributed by atoms with Gasteiger partial charge in [-0.2, -0.15) is 0 Å². The summed E-state index contributed by atoms with van der Waals surface area (Å²) in [5, 5.41) is 6.92. The van der Waals surface area contributed by atoms with Crippen molar-refractivity contribution < 1.29 is 4.39 Å². The number of nitrogens with one attached hydrogen (secondary N) is 2. The maximum atomic E-state index is 13.4. The second-order valence-electron chi connectivity index (χ2n) is 5.14. The third-order valence-corrected chi connectivity index (χ3v) is 3.86. The number of guanidine groups is 1. The average Bonchev–Trinajstić information content (AvgIpc) is 2.53. The van der Waals surface area contributed by atoms with E-state index in [9.17, 15) is 4.39 Å². The van der Waals surface area contributed by atoms with E-state index in [4.69, 9.17) is 11.6 Å². The van der Waals surface area contributed by atoms with Crippen LogP contribution in [0.2, 0.25) is 5.15 Å². The highest BCUT2D eigenvalue weighted by Crippen LogP contribution is 2.15. The molecule has 0 aliphatic carbocycles. The molecule has 1 heterocycles. The van der Waals surface area contributed by atoms with Gasteiger partial charge in [-0.1, -0.05) is 33.6 Å². The molecule has 1 aromatic carbocycles. The lowest BCUT2D eigenvalue weighted by atomic mass is 10.2. The number of hydrogen-bond acceptors (Lipinski definition) is 2. The van der Waals surface area contributed by atoms with E-state index in [-0.39, 0.29) is 29.8 Å². The highest BCUT2D eigenvalue weighted by atomic mass is 127. The van der Waals surface area contributed by atoms with Crippen LogP contribution in [0.5, 0.6) is 0 Å². The van der Waals surface area contributed by atoms with E-state index >= 15 is 0 Å². The van der Waals surface area contributed by atoms with E-state index in [0.717, 1.165) is 24.1 Å². The number of hydrogen-bond donors (Lipinski definition) is 2.